The van der Waals surface area contributed by atoms with Gasteiger partial charge in [-0.15, -0.1) is 0 Å². The van der Waals surface area contributed by atoms with E-state index in [4.69, 9.17) is 0 Å². The lowest BCUT2D eigenvalue weighted by Gasteiger charge is -2.18. The van der Waals surface area contributed by atoms with Gasteiger partial charge in [0.1, 0.15) is 6.04 Å². The summed E-state index contributed by atoms with van der Waals surface area (Å²) in [5.74, 6) is -3.71. The molecule has 14 heavy (non-hydrogen) atoms. The fourth-order valence-corrected chi connectivity index (χ4v) is 1.63. The maximum absolute atomic E-state index is 13.2. The molecule has 0 amide bonds. The Bertz CT molecular complexity index is 341. The zero-order chi connectivity index (χ0) is 10.2. The molecule has 0 spiro atoms. The van der Waals surface area contributed by atoms with Crippen molar-refractivity contribution in [1.29, 1.82) is 0 Å². The van der Waals surface area contributed by atoms with Gasteiger partial charge in [-0.05, 0) is 6.07 Å². The van der Waals surface area contributed by atoms with Gasteiger partial charge >= 0.3 is 0 Å². The predicted octanol–water partition coefficient (Wildman–Crippen LogP) is 1.89. The molecule has 2 nitrogen and oxygen atoms in total. The van der Waals surface area contributed by atoms with Crippen LogP contribution in [0.25, 0.3) is 0 Å². The summed E-state index contributed by atoms with van der Waals surface area (Å²) in [6, 6.07) is 1.55. The average Bonchev–Trinajstić information content (AvgIpc) is 2.46. The second-order valence-corrected chi connectivity index (χ2v) is 3.28. The van der Waals surface area contributed by atoms with Crippen LogP contribution in [0.1, 0.15) is 18.0 Å². The number of nitrogens with zero attached hydrogens (tertiary/aromatic N) is 1. The Balaban J connectivity index is 2.36. The monoisotopic (exact) mass is 202 g/mol. The van der Waals surface area contributed by atoms with E-state index in [2.05, 4.69) is 10.3 Å². The van der Waals surface area contributed by atoms with E-state index in [0.717, 1.165) is 0 Å². The first kappa shape index (κ1) is 9.45. The standard InChI is InChI=1S/C9H9F3N2/c10-8-6(2-1-4-14-8)7-9(11,12)3-5-13-7/h1-2,4,7,13H,3,5H2. The molecule has 1 aromatic heterocycles. The van der Waals surface area contributed by atoms with Crippen LogP contribution < -0.4 is 5.32 Å². The third-order valence-corrected chi connectivity index (χ3v) is 2.33. The molecule has 1 fully saturated rings. The van der Waals surface area contributed by atoms with Gasteiger partial charge in [0, 0.05) is 24.7 Å². The van der Waals surface area contributed by atoms with Gasteiger partial charge in [0.15, 0.2) is 0 Å². The van der Waals surface area contributed by atoms with Crippen LogP contribution in [0.5, 0.6) is 0 Å². The highest BCUT2D eigenvalue weighted by Crippen LogP contribution is 2.38. The van der Waals surface area contributed by atoms with Crippen molar-refractivity contribution >= 4 is 0 Å². The topological polar surface area (TPSA) is 24.9 Å². The Morgan fingerprint density at radius 3 is 2.86 bits per heavy atom. The van der Waals surface area contributed by atoms with Gasteiger partial charge in [-0.3, -0.25) is 0 Å². The molecule has 1 saturated heterocycles. The Kier molecular flexibility index (Phi) is 2.19. The van der Waals surface area contributed by atoms with Crippen molar-refractivity contribution in [2.75, 3.05) is 6.54 Å². The molecule has 0 bridgehead atoms. The fourth-order valence-electron chi connectivity index (χ4n) is 1.63. The number of nitrogens with one attached hydrogen (secondary N) is 1. The molecule has 0 aliphatic carbocycles. The molecule has 0 radical (unpaired) electrons. The van der Waals surface area contributed by atoms with E-state index in [0.29, 0.717) is 0 Å². The summed E-state index contributed by atoms with van der Waals surface area (Å²) in [4.78, 5) is 3.35. The second-order valence-electron chi connectivity index (χ2n) is 3.28. The van der Waals surface area contributed by atoms with E-state index in [-0.39, 0.29) is 18.5 Å². The molecule has 0 saturated carbocycles. The Morgan fingerprint density at radius 2 is 2.29 bits per heavy atom. The summed E-state index contributed by atoms with van der Waals surface area (Å²) < 4.78 is 39.5. The molecule has 1 aliphatic heterocycles. The molecule has 5 heteroatoms. The Labute approximate surface area is 79.2 Å². The summed E-state index contributed by atoms with van der Waals surface area (Å²) in [6.45, 7) is 0.200. The van der Waals surface area contributed by atoms with E-state index >= 15 is 0 Å². The van der Waals surface area contributed by atoms with Gasteiger partial charge in [0.25, 0.3) is 5.92 Å². The predicted molar refractivity (Wildman–Crippen MR) is 44.5 cm³/mol. The smallest absolute Gasteiger partial charge is 0.268 e. The minimum Gasteiger partial charge on any atom is -0.305 e. The zero-order valence-corrected chi connectivity index (χ0v) is 7.30. The average molecular weight is 202 g/mol. The Hall–Kier alpha value is -1.10. The van der Waals surface area contributed by atoms with Crippen molar-refractivity contribution in [2.45, 2.75) is 18.4 Å². The van der Waals surface area contributed by atoms with Crippen LogP contribution in [0.2, 0.25) is 0 Å². The molecule has 0 aromatic carbocycles. The lowest BCUT2D eigenvalue weighted by molar-refractivity contribution is -0.0128. The molecule has 1 unspecified atom stereocenters. The van der Waals surface area contributed by atoms with Gasteiger partial charge in [0.2, 0.25) is 5.95 Å². The second kappa shape index (κ2) is 3.24. The van der Waals surface area contributed by atoms with Crippen LogP contribution in [0.15, 0.2) is 18.3 Å². The van der Waals surface area contributed by atoms with Crippen LogP contribution >= 0.6 is 0 Å². The highest BCUT2D eigenvalue weighted by molar-refractivity contribution is 5.20. The summed E-state index contributed by atoms with van der Waals surface area (Å²) in [6.07, 6.45) is 0.984. The van der Waals surface area contributed by atoms with Crippen LogP contribution in [0.4, 0.5) is 13.2 Å². The lowest BCUT2D eigenvalue weighted by atomic mass is 10.0. The molecule has 1 aromatic rings. The number of hydrogen-bond donors (Lipinski definition) is 1. The Morgan fingerprint density at radius 1 is 1.50 bits per heavy atom. The van der Waals surface area contributed by atoms with Crippen molar-refractivity contribution < 1.29 is 13.2 Å². The minimum atomic E-state index is -2.89. The van der Waals surface area contributed by atoms with Gasteiger partial charge in [-0.25, -0.2) is 13.8 Å². The first-order chi connectivity index (χ1) is 6.61. The summed E-state index contributed by atoms with van der Waals surface area (Å²) >= 11 is 0. The van der Waals surface area contributed by atoms with Crippen LogP contribution in [0, 0.1) is 5.95 Å². The molecular weight excluding hydrogens is 193 g/mol. The van der Waals surface area contributed by atoms with E-state index in [1.54, 1.807) is 0 Å². The van der Waals surface area contributed by atoms with Gasteiger partial charge < -0.3 is 5.32 Å². The number of aromatic nitrogens is 1. The van der Waals surface area contributed by atoms with Crippen molar-refractivity contribution in [3.63, 3.8) is 0 Å². The number of pyridine rings is 1. The first-order valence-electron chi connectivity index (χ1n) is 4.33. The van der Waals surface area contributed by atoms with E-state index in [9.17, 15) is 13.2 Å². The van der Waals surface area contributed by atoms with Crippen LogP contribution in [-0.4, -0.2) is 17.5 Å². The highest BCUT2D eigenvalue weighted by atomic mass is 19.3. The molecular formula is C9H9F3N2. The molecule has 76 valence electrons. The van der Waals surface area contributed by atoms with E-state index < -0.39 is 17.9 Å². The molecule has 1 aliphatic rings. The third kappa shape index (κ3) is 1.48. The summed E-state index contributed by atoms with van der Waals surface area (Å²) in [7, 11) is 0. The lowest BCUT2D eigenvalue weighted by Crippen LogP contribution is -2.27. The van der Waals surface area contributed by atoms with Gasteiger partial charge in [0.05, 0.1) is 0 Å². The zero-order valence-electron chi connectivity index (χ0n) is 7.30. The highest BCUT2D eigenvalue weighted by Gasteiger charge is 2.45. The summed E-state index contributed by atoms with van der Waals surface area (Å²) in [5.41, 5.74) is -0.0602. The summed E-state index contributed by atoms with van der Waals surface area (Å²) in [5, 5.41) is 2.57. The van der Waals surface area contributed by atoms with Gasteiger partial charge in [-0.1, -0.05) is 6.07 Å². The molecule has 1 atom stereocenters. The van der Waals surface area contributed by atoms with Gasteiger partial charge in [-0.2, -0.15) is 4.39 Å². The number of alkyl halides is 2. The number of hydrogen-bond acceptors (Lipinski definition) is 2. The SMILES string of the molecule is Fc1ncccc1C1NCCC1(F)F. The van der Waals surface area contributed by atoms with Crippen LogP contribution in [-0.2, 0) is 0 Å². The van der Waals surface area contributed by atoms with Crippen molar-refractivity contribution in [3.8, 4) is 0 Å². The van der Waals surface area contributed by atoms with Crippen molar-refractivity contribution in [1.82, 2.24) is 10.3 Å². The van der Waals surface area contributed by atoms with Crippen molar-refractivity contribution in [2.24, 2.45) is 0 Å². The molecule has 1 N–H and O–H groups in total. The number of rotatable bonds is 1. The van der Waals surface area contributed by atoms with E-state index in [1.807, 2.05) is 0 Å². The fraction of sp³-hybridized carbons (Fsp3) is 0.444. The van der Waals surface area contributed by atoms with E-state index in [1.165, 1.54) is 18.3 Å². The maximum atomic E-state index is 13.2. The first-order valence-corrected chi connectivity index (χ1v) is 4.33. The quantitative estimate of drug-likeness (QED) is 0.703. The molecule has 2 heterocycles. The molecule has 2 rings (SSSR count). The normalized spacial score (nSPS) is 25.2. The van der Waals surface area contributed by atoms with Crippen molar-refractivity contribution in [3.05, 3.63) is 29.8 Å². The van der Waals surface area contributed by atoms with Crippen LogP contribution in [0.3, 0.4) is 0 Å². The number of halogens is 3. The third-order valence-electron chi connectivity index (χ3n) is 2.33. The maximum Gasteiger partial charge on any atom is 0.268 e. The minimum absolute atomic E-state index is 0.0602. The largest absolute Gasteiger partial charge is 0.305 e.